The van der Waals surface area contributed by atoms with E-state index in [-0.39, 0.29) is 16.8 Å². The third-order valence-corrected chi connectivity index (χ3v) is 6.06. The van der Waals surface area contributed by atoms with Crippen LogP contribution in [0.4, 0.5) is 0 Å². The lowest BCUT2D eigenvalue weighted by atomic mass is 10.0. The molecule has 1 saturated heterocycles. The Balaban J connectivity index is 2.42. The molecule has 1 aliphatic rings. The molecule has 0 aliphatic carbocycles. The van der Waals surface area contributed by atoms with Gasteiger partial charge >= 0.3 is 0 Å². The second-order valence-electron chi connectivity index (χ2n) is 6.23. The lowest BCUT2D eigenvalue weighted by molar-refractivity contribution is 0.0533. The lowest BCUT2D eigenvalue weighted by Gasteiger charge is -2.38. The number of rotatable bonds is 3. The fourth-order valence-electron chi connectivity index (χ4n) is 2.95. The van der Waals surface area contributed by atoms with Gasteiger partial charge in [0.15, 0.2) is 0 Å². The van der Waals surface area contributed by atoms with Crippen molar-refractivity contribution < 1.29 is 13.2 Å². The highest BCUT2D eigenvalue weighted by Crippen LogP contribution is 2.23. The van der Waals surface area contributed by atoms with Crippen molar-refractivity contribution >= 4 is 15.9 Å². The Hall–Kier alpha value is -1.44. The molecular formula is C16H25N3O3S. The van der Waals surface area contributed by atoms with Crippen LogP contribution in [0.3, 0.4) is 0 Å². The summed E-state index contributed by atoms with van der Waals surface area (Å²) in [6.45, 7) is 7.89. The summed E-state index contributed by atoms with van der Waals surface area (Å²) in [6.07, 6.45) is 0. The van der Waals surface area contributed by atoms with Crippen LogP contribution in [-0.2, 0) is 10.0 Å². The van der Waals surface area contributed by atoms with Crippen molar-refractivity contribution in [2.45, 2.75) is 31.7 Å². The second kappa shape index (κ2) is 6.59. The molecule has 6 nitrogen and oxygen atoms in total. The highest BCUT2D eigenvalue weighted by atomic mass is 32.2. The molecule has 0 saturated carbocycles. The normalized spacial score (nSPS) is 19.9. The van der Waals surface area contributed by atoms with E-state index in [1.54, 1.807) is 13.0 Å². The summed E-state index contributed by atoms with van der Waals surface area (Å²) < 4.78 is 26.7. The Bertz CT molecular complexity index is 716. The fourth-order valence-corrected chi connectivity index (χ4v) is 4.01. The van der Waals surface area contributed by atoms with Gasteiger partial charge in [-0.2, -0.15) is 0 Å². The van der Waals surface area contributed by atoms with Crippen molar-refractivity contribution in [1.29, 1.82) is 0 Å². The van der Waals surface area contributed by atoms with Crippen molar-refractivity contribution in [3.8, 4) is 0 Å². The highest BCUT2D eigenvalue weighted by molar-refractivity contribution is 7.89. The summed E-state index contributed by atoms with van der Waals surface area (Å²) in [5.41, 5.74) is 1.90. The third-order valence-electron chi connectivity index (χ3n) is 4.52. The minimum Gasteiger partial charge on any atom is -0.333 e. The average Bonchev–Trinajstić information content (AvgIpc) is 2.49. The molecule has 1 aromatic rings. The van der Waals surface area contributed by atoms with Gasteiger partial charge in [-0.25, -0.2) is 13.1 Å². The maximum atomic E-state index is 12.8. The van der Waals surface area contributed by atoms with Crippen LogP contribution in [0.25, 0.3) is 0 Å². The van der Waals surface area contributed by atoms with Crippen LogP contribution in [0, 0.1) is 13.8 Å². The Morgan fingerprint density at radius 3 is 2.48 bits per heavy atom. The number of piperazine rings is 1. The molecule has 1 atom stereocenters. The smallest absolute Gasteiger partial charge is 0.254 e. The molecule has 1 N–H and O–H groups in total. The standard InChI is InChI=1S/C16H25N3O3S/c1-11-8-14(9-15(13(11)3)23(21,22)17-4)16(20)19-7-6-18(5)10-12(19)2/h8-9,12,17H,6-7,10H2,1-5H3. The summed E-state index contributed by atoms with van der Waals surface area (Å²) in [4.78, 5) is 17.0. The molecule has 0 radical (unpaired) electrons. The van der Waals surface area contributed by atoms with E-state index in [0.717, 1.165) is 18.7 Å². The Labute approximate surface area is 138 Å². The lowest BCUT2D eigenvalue weighted by Crippen LogP contribution is -2.52. The topological polar surface area (TPSA) is 69.7 Å². The summed E-state index contributed by atoms with van der Waals surface area (Å²) in [5.74, 6) is -0.110. The maximum absolute atomic E-state index is 12.8. The Kier molecular flexibility index (Phi) is 5.13. The number of amides is 1. The van der Waals surface area contributed by atoms with Gasteiger partial charge in [0.25, 0.3) is 5.91 Å². The first-order valence-electron chi connectivity index (χ1n) is 7.71. The van der Waals surface area contributed by atoms with Crippen molar-refractivity contribution in [3.05, 3.63) is 28.8 Å². The van der Waals surface area contributed by atoms with Crippen LogP contribution in [0.15, 0.2) is 17.0 Å². The number of nitrogens with one attached hydrogen (secondary N) is 1. The zero-order chi connectivity index (χ0) is 17.4. The predicted octanol–water partition coefficient (Wildman–Crippen LogP) is 0.988. The molecule has 0 aromatic heterocycles. The summed E-state index contributed by atoms with van der Waals surface area (Å²) >= 11 is 0. The molecule has 2 rings (SSSR count). The number of hydrogen-bond donors (Lipinski definition) is 1. The van der Waals surface area contributed by atoms with Crippen LogP contribution in [0.5, 0.6) is 0 Å². The molecule has 1 amide bonds. The number of sulfonamides is 1. The van der Waals surface area contributed by atoms with Gasteiger partial charge in [0.2, 0.25) is 10.0 Å². The Morgan fingerprint density at radius 1 is 1.26 bits per heavy atom. The molecule has 1 heterocycles. The maximum Gasteiger partial charge on any atom is 0.254 e. The van der Waals surface area contributed by atoms with Gasteiger partial charge in [0, 0.05) is 31.2 Å². The molecule has 23 heavy (non-hydrogen) atoms. The summed E-state index contributed by atoms with van der Waals surface area (Å²) in [5, 5.41) is 0. The third kappa shape index (κ3) is 3.57. The first kappa shape index (κ1) is 17.9. The van der Waals surface area contributed by atoms with Crippen LogP contribution < -0.4 is 4.72 Å². The van der Waals surface area contributed by atoms with Gasteiger partial charge in [0.1, 0.15) is 0 Å². The van der Waals surface area contributed by atoms with Crippen LogP contribution in [-0.4, -0.2) is 63.9 Å². The highest BCUT2D eigenvalue weighted by Gasteiger charge is 2.28. The number of carbonyl (C=O) groups is 1. The van der Waals surface area contributed by atoms with Crippen molar-refractivity contribution in [2.24, 2.45) is 0 Å². The molecule has 7 heteroatoms. The van der Waals surface area contributed by atoms with E-state index >= 15 is 0 Å². The first-order valence-corrected chi connectivity index (χ1v) is 9.20. The molecule has 1 aromatic carbocycles. The molecule has 0 spiro atoms. The summed E-state index contributed by atoms with van der Waals surface area (Å²) in [6, 6.07) is 3.37. The first-order chi connectivity index (χ1) is 10.7. The number of aryl methyl sites for hydroxylation is 1. The number of carbonyl (C=O) groups excluding carboxylic acids is 1. The minimum atomic E-state index is -3.59. The summed E-state index contributed by atoms with van der Waals surface area (Å²) in [7, 11) is -0.180. The number of nitrogens with zero attached hydrogens (tertiary/aromatic N) is 2. The molecular weight excluding hydrogens is 314 g/mol. The average molecular weight is 339 g/mol. The number of hydrogen-bond acceptors (Lipinski definition) is 4. The van der Waals surface area contributed by atoms with Gasteiger partial charge in [-0.15, -0.1) is 0 Å². The Morgan fingerprint density at radius 2 is 1.91 bits per heavy atom. The minimum absolute atomic E-state index is 0.104. The van der Waals surface area contributed by atoms with Crippen molar-refractivity contribution in [3.63, 3.8) is 0 Å². The monoisotopic (exact) mass is 339 g/mol. The molecule has 1 aliphatic heterocycles. The van der Waals surface area contributed by atoms with E-state index in [9.17, 15) is 13.2 Å². The largest absolute Gasteiger partial charge is 0.333 e. The second-order valence-corrected chi connectivity index (χ2v) is 8.09. The quantitative estimate of drug-likeness (QED) is 0.891. The van der Waals surface area contributed by atoms with Gasteiger partial charge in [-0.1, -0.05) is 0 Å². The van der Waals surface area contributed by atoms with E-state index in [1.165, 1.54) is 13.1 Å². The molecule has 1 unspecified atom stereocenters. The van der Waals surface area contributed by atoms with Gasteiger partial charge < -0.3 is 9.80 Å². The zero-order valence-electron chi connectivity index (χ0n) is 14.4. The van der Waals surface area contributed by atoms with Crippen LogP contribution in [0.1, 0.15) is 28.4 Å². The fraction of sp³-hybridized carbons (Fsp3) is 0.562. The molecule has 0 bridgehead atoms. The van der Waals surface area contributed by atoms with Gasteiger partial charge in [-0.05, 0) is 58.1 Å². The SMILES string of the molecule is CNS(=O)(=O)c1cc(C(=O)N2CCN(C)CC2C)cc(C)c1C. The van der Waals surface area contributed by atoms with E-state index < -0.39 is 10.0 Å². The molecule has 1 fully saturated rings. The van der Waals surface area contributed by atoms with E-state index in [2.05, 4.69) is 9.62 Å². The predicted molar refractivity (Wildman–Crippen MR) is 90.2 cm³/mol. The van der Waals surface area contributed by atoms with E-state index in [4.69, 9.17) is 0 Å². The van der Waals surface area contributed by atoms with Gasteiger partial charge in [-0.3, -0.25) is 4.79 Å². The number of benzene rings is 1. The molecule has 128 valence electrons. The van der Waals surface area contributed by atoms with E-state index in [1.807, 2.05) is 25.8 Å². The van der Waals surface area contributed by atoms with Gasteiger partial charge in [0.05, 0.1) is 4.90 Å². The number of likely N-dealkylation sites (N-methyl/N-ethyl adjacent to an activating group) is 1. The van der Waals surface area contributed by atoms with Crippen molar-refractivity contribution in [1.82, 2.24) is 14.5 Å². The van der Waals surface area contributed by atoms with Crippen LogP contribution in [0.2, 0.25) is 0 Å². The van der Waals surface area contributed by atoms with Crippen molar-refractivity contribution in [2.75, 3.05) is 33.7 Å². The van der Waals surface area contributed by atoms with E-state index in [0.29, 0.717) is 17.7 Å². The van der Waals surface area contributed by atoms with Crippen LogP contribution >= 0.6 is 0 Å². The zero-order valence-corrected chi connectivity index (χ0v) is 15.2.